The van der Waals surface area contributed by atoms with Crippen LogP contribution in [0.15, 0.2) is 48.5 Å². The van der Waals surface area contributed by atoms with E-state index in [4.69, 9.17) is 9.47 Å². The molecule has 5 atom stereocenters. The zero-order valence-electron chi connectivity index (χ0n) is 17.6. The Morgan fingerprint density at radius 2 is 1.63 bits per heavy atom. The number of rotatable bonds is 4. The van der Waals surface area contributed by atoms with E-state index in [1.54, 1.807) is 0 Å². The lowest BCUT2D eigenvalue weighted by atomic mass is 9.79. The summed E-state index contributed by atoms with van der Waals surface area (Å²) in [6.45, 7) is 6.54. The molecule has 3 aliphatic rings. The summed E-state index contributed by atoms with van der Waals surface area (Å²) in [6, 6.07) is 15.5. The Bertz CT molecular complexity index is 972. The van der Waals surface area contributed by atoms with Crippen LogP contribution < -0.4 is 10.1 Å². The molecule has 1 amide bonds. The molecular weight excluding hydrogens is 378 g/mol. The monoisotopic (exact) mass is 405 g/mol. The lowest BCUT2D eigenvalue weighted by Crippen LogP contribution is -2.35. The fourth-order valence-corrected chi connectivity index (χ4v) is 5.35. The molecule has 5 unspecified atom stereocenters. The van der Waals surface area contributed by atoms with Gasteiger partial charge in [-0.05, 0) is 66.1 Å². The van der Waals surface area contributed by atoms with Crippen LogP contribution in [0.5, 0.6) is 11.5 Å². The molecule has 0 radical (unpaired) electrons. The molecule has 156 valence electrons. The summed E-state index contributed by atoms with van der Waals surface area (Å²) < 4.78 is 11.4. The second kappa shape index (κ2) is 6.86. The highest BCUT2D eigenvalue weighted by Crippen LogP contribution is 2.57. The van der Waals surface area contributed by atoms with Crippen LogP contribution in [0, 0.1) is 23.7 Å². The maximum absolute atomic E-state index is 12.9. The Morgan fingerprint density at radius 3 is 2.27 bits per heavy atom. The molecule has 2 aromatic carbocycles. The van der Waals surface area contributed by atoms with Gasteiger partial charge in [-0.25, -0.2) is 0 Å². The highest BCUT2D eigenvalue weighted by Gasteiger charge is 2.63. The largest absolute Gasteiger partial charge is 0.462 e. The number of nitrogens with one attached hydrogen (secondary N) is 1. The van der Waals surface area contributed by atoms with Crippen molar-refractivity contribution < 1.29 is 19.1 Å². The zero-order valence-corrected chi connectivity index (χ0v) is 17.6. The van der Waals surface area contributed by atoms with Crippen LogP contribution in [0.25, 0.3) is 0 Å². The molecule has 2 bridgehead atoms. The van der Waals surface area contributed by atoms with Crippen LogP contribution in [0.4, 0.5) is 5.69 Å². The standard InChI is InChI=1S/C25H27NO4/c1-25(2,3)15-4-8-17(9-5-15)29-18-10-6-16(7-11-18)26-23(27)21-14-12-19-20(13-14)30-24(28)22(19)21/h4-11,14,19-22H,12-13H2,1-3H3,(H,26,27). The molecule has 3 fully saturated rings. The number of fused-ring (bicyclic) bond motifs is 1. The van der Waals surface area contributed by atoms with Crippen LogP contribution in [-0.4, -0.2) is 18.0 Å². The lowest BCUT2D eigenvalue weighted by molar-refractivity contribution is -0.145. The van der Waals surface area contributed by atoms with Gasteiger partial charge >= 0.3 is 5.97 Å². The van der Waals surface area contributed by atoms with Crippen molar-refractivity contribution in [3.8, 4) is 11.5 Å². The molecule has 0 aromatic heterocycles. The fraction of sp³-hybridized carbons (Fsp3) is 0.440. The molecule has 1 N–H and O–H groups in total. The van der Waals surface area contributed by atoms with E-state index in [0.29, 0.717) is 11.4 Å². The SMILES string of the molecule is CC(C)(C)c1ccc(Oc2ccc(NC(=O)C3C4CC5OC(=O)C3C5C4)cc2)cc1. The predicted molar refractivity (Wildman–Crippen MR) is 113 cm³/mol. The summed E-state index contributed by atoms with van der Waals surface area (Å²) in [6.07, 6.45) is 1.80. The molecule has 30 heavy (non-hydrogen) atoms. The predicted octanol–water partition coefficient (Wildman–Crippen LogP) is 4.91. The topological polar surface area (TPSA) is 64.6 Å². The smallest absolute Gasteiger partial charge is 0.310 e. The van der Waals surface area contributed by atoms with Crippen LogP contribution >= 0.6 is 0 Å². The minimum atomic E-state index is -0.265. The molecule has 2 aliphatic carbocycles. The van der Waals surface area contributed by atoms with E-state index in [1.165, 1.54) is 5.56 Å². The van der Waals surface area contributed by atoms with E-state index in [-0.39, 0.29) is 47.1 Å². The number of hydrogen-bond donors (Lipinski definition) is 1. The van der Waals surface area contributed by atoms with E-state index >= 15 is 0 Å². The first-order valence-electron chi connectivity index (χ1n) is 10.7. The van der Waals surface area contributed by atoms with Gasteiger partial charge < -0.3 is 14.8 Å². The number of anilines is 1. The van der Waals surface area contributed by atoms with Gasteiger partial charge in [0, 0.05) is 11.6 Å². The van der Waals surface area contributed by atoms with Gasteiger partial charge in [0.25, 0.3) is 0 Å². The Hall–Kier alpha value is -2.82. The Labute approximate surface area is 176 Å². The Kier molecular flexibility index (Phi) is 4.38. The summed E-state index contributed by atoms with van der Waals surface area (Å²) in [7, 11) is 0. The molecule has 5 nitrogen and oxygen atoms in total. The number of benzene rings is 2. The first kappa shape index (κ1) is 19.2. The second-order valence-corrected chi connectivity index (χ2v) is 9.81. The van der Waals surface area contributed by atoms with Gasteiger partial charge in [-0.3, -0.25) is 9.59 Å². The molecule has 2 saturated carbocycles. The minimum Gasteiger partial charge on any atom is -0.462 e. The summed E-state index contributed by atoms with van der Waals surface area (Å²) in [5, 5.41) is 2.98. The van der Waals surface area contributed by atoms with Crippen LogP contribution in [0.2, 0.25) is 0 Å². The van der Waals surface area contributed by atoms with Crippen molar-refractivity contribution in [1.29, 1.82) is 0 Å². The third-order valence-corrected chi connectivity index (χ3v) is 6.86. The highest BCUT2D eigenvalue weighted by molar-refractivity contribution is 5.97. The zero-order chi connectivity index (χ0) is 21.0. The average molecular weight is 405 g/mol. The molecule has 2 aromatic rings. The average Bonchev–Trinajstić information content (AvgIpc) is 3.32. The van der Waals surface area contributed by atoms with Gasteiger partial charge in [0.1, 0.15) is 17.6 Å². The van der Waals surface area contributed by atoms with E-state index in [9.17, 15) is 9.59 Å². The fourth-order valence-electron chi connectivity index (χ4n) is 5.35. The highest BCUT2D eigenvalue weighted by atomic mass is 16.6. The second-order valence-electron chi connectivity index (χ2n) is 9.81. The van der Waals surface area contributed by atoms with Crippen molar-refractivity contribution in [2.75, 3.05) is 5.32 Å². The molecule has 1 heterocycles. The Balaban J connectivity index is 1.22. The van der Waals surface area contributed by atoms with Crippen molar-refractivity contribution in [3.63, 3.8) is 0 Å². The first-order chi connectivity index (χ1) is 14.3. The number of amides is 1. The van der Waals surface area contributed by atoms with Crippen molar-refractivity contribution >= 4 is 17.6 Å². The van der Waals surface area contributed by atoms with Crippen molar-refractivity contribution in [2.24, 2.45) is 23.7 Å². The number of hydrogen-bond acceptors (Lipinski definition) is 4. The number of carbonyl (C=O) groups is 2. The van der Waals surface area contributed by atoms with E-state index < -0.39 is 0 Å². The van der Waals surface area contributed by atoms with Gasteiger partial charge in [-0.15, -0.1) is 0 Å². The minimum absolute atomic E-state index is 0.0467. The van der Waals surface area contributed by atoms with Gasteiger partial charge in [0.2, 0.25) is 5.91 Å². The van der Waals surface area contributed by atoms with E-state index in [2.05, 4.69) is 38.2 Å². The third kappa shape index (κ3) is 3.26. The van der Waals surface area contributed by atoms with E-state index in [0.717, 1.165) is 18.6 Å². The molecular formula is C25H27NO4. The van der Waals surface area contributed by atoms with Gasteiger partial charge in [0.15, 0.2) is 0 Å². The summed E-state index contributed by atoms with van der Waals surface area (Å²) in [5.41, 5.74) is 2.07. The van der Waals surface area contributed by atoms with Crippen molar-refractivity contribution in [1.82, 2.24) is 0 Å². The van der Waals surface area contributed by atoms with E-state index in [1.807, 2.05) is 36.4 Å². The van der Waals surface area contributed by atoms with Crippen molar-refractivity contribution in [3.05, 3.63) is 54.1 Å². The first-order valence-corrected chi connectivity index (χ1v) is 10.7. The lowest BCUT2D eigenvalue weighted by Gasteiger charge is -2.23. The molecule has 5 heteroatoms. The maximum atomic E-state index is 12.9. The van der Waals surface area contributed by atoms with Crippen LogP contribution in [-0.2, 0) is 19.7 Å². The number of carbonyl (C=O) groups excluding carboxylic acids is 2. The summed E-state index contributed by atoms with van der Waals surface area (Å²) in [4.78, 5) is 25.0. The maximum Gasteiger partial charge on any atom is 0.310 e. The Morgan fingerprint density at radius 1 is 1.00 bits per heavy atom. The number of ether oxygens (including phenoxy) is 2. The van der Waals surface area contributed by atoms with Crippen molar-refractivity contribution in [2.45, 2.75) is 45.1 Å². The molecule has 0 spiro atoms. The molecule has 1 saturated heterocycles. The van der Waals surface area contributed by atoms with Gasteiger partial charge in [0.05, 0.1) is 11.8 Å². The van der Waals surface area contributed by atoms with Crippen LogP contribution in [0.1, 0.15) is 39.2 Å². The summed E-state index contributed by atoms with van der Waals surface area (Å²) in [5.74, 6) is 1.19. The summed E-state index contributed by atoms with van der Waals surface area (Å²) >= 11 is 0. The van der Waals surface area contributed by atoms with Gasteiger partial charge in [-0.1, -0.05) is 32.9 Å². The molecule has 5 rings (SSSR count). The van der Waals surface area contributed by atoms with Gasteiger partial charge in [-0.2, -0.15) is 0 Å². The number of esters is 1. The van der Waals surface area contributed by atoms with Crippen LogP contribution in [0.3, 0.4) is 0 Å². The molecule has 1 aliphatic heterocycles. The quantitative estimate of drug-likeness (QED) is 0.734. The normalized spacial score (nSPS) is 29.0. The third-order valence-electron chi connectivity index (χ3n) is 6.86.